The summed E-state index contributed by atoms with van der Waals surface area (Å²) in [7, 11) is 0. The Morgan fingerprint density at radius 3 is 2.00 bits per heavy atom. The second-order valence-electron chi connectivity index (χ2n) is 7.23. The fraction of sp³-hybridized carbons (Fsp3) is 0.688. The molecule has 5 aliphatic rings. The molecule has 7 atom stereocenters. The van der Waals surface area contributed by atoms with Crippen LogP contribution in [0, 0.1) is 41.4 Å². The van der Waals surface area contributed by atoms with E-state index in [-0.39, 0.29) is 41.4 Å². The number of carboxylic acid groups (broad SMARTS) is 1. The maximum atomic E-state index is 12.8. The highest BCUT2D eigenvalue weighted by Crippen LogP contribution is 2.65. The molecule has 2 saturated carbocycles. The quantitative estimate of drug-likeness (QED) is 0.624. The standard InChI is InChI=1S/C16H19NO4/c1-6(2)13(16(20)21)17-14(18)11-7-3-4-8(10-5-9(7)10)12(11)15(17)19/h3-4,6-13H,5H2,1-2H3,(H,20,21)/t7-,8+,9-,10+,11+,12-,13-/m1/s1. The molecular formula is C16H19NO4. The summed E-state index contributed by atoms with van der Waals surface area (Å²) in [5, 5.41) is 9.42. The van der Waals surface area contributed by atoms with E-state index < -0.39 is 12.0 Å². The topological polar surface area (TPSA) is 74.7 Å². The molecule has 0 spiro atoms. The Morgan fingerprint density at radius 2 is 1.62 bits per heavy atom. The fourth-order valence-corrected chi connectivity index (χ4v) is 4.95. The van der Waals surface area contributed by atoms with Crippen LogP contribution in [0.4, 0.5) is 0 Å². The molecule has 112 valence electrons. The number of aliphatic carboxylic acids is 1. The number of nitrogens with zero attached hydrogens (tertiary/aromatic N) is 1. The highest BCUT2D eigenvalue weighted by Gasteiger charge is 2.68. The second kappa shape index (κ2) is 3.96. The first-order valence-electron chi connectivity index (χ1n) is 7.71. The van der Waals surface area contributed by atoms with Gasteiger partial charge in [-0.2, -0.15) is 0 Å². The number of allylic oxidation sites excluding steroid dienone is 2. The van der Waals surface area contributed by atoms with Gasteiger partial charge in [0.2, 0.25) is 11.8 Å². The first kappa shape index (κ1) is 13.0. The van der Waals surface area contributed by atoms with E-state index in [1.165, 1.54) is 0 Å². The third-order valence-electron chi connectivity index (χ3n) is 5.86. The maximum absolute atomic E-state index is 12.8. The predicted molar refractivity (Wildman–Crippen MR) is 72.8 cm³/mol. The molecule has 1 saturated heterocycles. The van der Waals surface area contributed by atoms with Crippen LogP contribution in [-0.4, -0.2) is 33.8 Å². The molecule has 5 nitrogen and oxygen atoms in total. The van der Waals surface area contributed by atoms with Gasteiger partial charge in [-0.05, 0) is 36.0 Å². The van der Waals surface area contributed by atoms with Gasteiger partial charge in [-0.25, -0.2) is 4.79 Å². The van der Waals surface area contributed by atoms with Crippen molar-refractivity contribution in [3.8, 4) is 0 Å². The van der Waals surface area contributed by atoms with Gasteiger partial charge in [0.15, 0.2) is 0 Å². The van der Waals surface area contributed by atoms with Crippen LogP contribution in [0.5, 0.6) is 0 Å². The van der Waals surface area contributed by atoms with Gasteiger partial charge >= 0.3 is 5.97 Å². The van der Waals surface area contributed by atoms with Gasteiger partial charge in [0.1, 0.15) is 6.04 Å². The second-order valence-corrected chi connectivity index (χ2v) is 7.23. The SMILES string of the molecule is CC(C)[C@H](C(=O)O)N1C(=O)[C@@H]2[C@H]3C=C[C@H]([C@H]4C[C@@H]34)[C@@H]2C1=O. The molecule has 5 heteroatoms. The molecule has 0 aromatic rings. The molecule has 2 amide bonds. The zero-order valence-corrected chi connectivity index (χ0v) is 12.1. The van der Waals surface area contributed by atoms with E-state index >= 15 is 0 Å². The molecule has 4 aliphatic carbocycles. The summed E-state index contributed by atoms with van der Waals surface area (Å²) in [6.07, 6.45) is 5.31. The van der Waals surface area contributed by atoms with Crippen LogP contribution >= 0.6 is 0 Å². The molecule has 1 N–H and O–H groups in total. The van der Waals surface area contributed by atoms with Crippen molar-refractivity contribution in [2.75, 3.05) is 0 Å². The number of amides is 2. The lowest BCUT2D eigenvalue weighted by Crippen LogP contribution is -2.48. The summed E-state index contributed by atoms with van der Waals surface area (Å²) in [6, 6.07) is -1.04. The molecule has 2 bridgehead atoms. The Labute approximate surface area is 123 Å². The van der Waals surface area contributed by atoms with Crippen molar-refractivity contribution in [3.05, 3.63) is 12.2 Å². The van der Waals surface area contributed by atoms with E-state index in [9.17, 15) is 19.5 Å². The third kappa shape index (κ3) is 1.49. The first-order chi connectivity index (χ1) is 9.93. The summed E-state index contributed by atoms with van der Waals surface area (Å²) in [5.41, 5.74) is 0. The van der Waals surface area contributed by atoms with Crippen molar-refractivity contribution >= 4 is 17.8 Å². The third-order valence-corrected chi connectivity index (χ3v) is 5.86. The highest BCUT2D eigenvalue weighted by molar-refractivity contribution is 6.08. The average molecular weight is 289 g/mol. The van der Waals surface area contributed by atoms with Gasteiger partial charge < -0.3 is 5.11 Å². The monoisotopic (exact) mass is 289 g/mol. The minimum Gasteiger partial charge on any atom is -0.480 e. The Balaban J connectivity index is 1.73. The zero-order chi connectivity index (χ0) is 15.0. The molecular weight excluding hydrogens is 270 g/mol. The average Bonchev–Trinajstić information content (AvgIpc) is 3.19. The van der Waals surface area contributed by atoms with Gasteiger partial charge in [-0.1, -0.05) is 26.0 Å². The molecule has 0 unspecified atom stereocenters. The molecule has 5 rings (SSSR count). The lowest BCUT2D eigenvalue weighted by atomic mass is 9.63. The van der Waals surface area contributed by atoms with Crippen LogP contribution in [-0.2, 0) is 14.4 Å². The fourth-order valence-electron chi connectivity index (χ4n) is 4.95. The van der Waals surface area contributed by atoms with Crippen LogP contribution in [0.25, 0.3) is 0 Å². The molecule has 1 heterocycles. The number of carboxylic acids is 1. The van der Waals surface area contributed by atoms with Crippen LogP contribution < -0.4 is 0 Å². The van der Waals surface area contributed by atoms with Gasteiger partial charge in [-0.3, -0.25) is 14.5 Å². The van der Waals surface area contributed by atoms with Gasteiger partial charge in [-0.15, -0.1) is 0 Å². The number of likely N-dealkylation sites (tertiary alicyclic amines) is 1. The van der Waals surface area contributed by atoms with Gasteiger partial charge in [0.25, 0.3) is 0 Å². The van der Waals surface area contributed by atoms with Crippen molar-refractivity contribution in [1.82, 2.24) is 4.90 Å². The first-order valence-corrected chi connectivity index (χ1v) is 7.71. The Bertz CT molecular complexity index is 545. The number of hydrogen-bond acceptors (Lipinski definition) is 3. The minimum absolute atomic E-state index is 0.146. The molecule has 0 aromatic carbocycles. The Morgan fingerprint density at radius 1 is 1.14 bits per heavy atom. The normalized spacial score (nSPS) is 44.0. The van der Waals surface area contributed by atoms with Crippen molar-refractivity contribution in [2.24, 2.45) is 41.4 Å². The van der Waals surface area contributed by atoms with Crippen molar-refractivity contribution < 1.29 is 19.5 Å². The van der Waals surface area contributed by atoms with E-state index in [1.54, 1.807) is 13.8 Å². The summed E-state index contributed by atoms with van der Waals surface area (Å²) in [4.78, 5) is 38.1. The lowest BCUT2D eigenvalue weighted by molar-refractivity contribution is -0.157. The van der Waals surface area contributed by atoms with E-state index in [2.05, 4.69) is 12.2 Å². The lowest BCUT2D eigenvalue weighted by Gasteiger charge is -2.37. The molecule has 3 fully saturated rings. The number of imide groups is 1. The van der Waals surface area contributed by atoms with Crippen LogP contribution in [0.1, 0.15) is 20.3 Å². The van der Waals surface area contributed by atoms with E-state index in [1.807, 2.05) is 0 Å². The number of carbonyl (C=O) groups is 3. The summed E-state index contributed by atoms with van der Waals surface area (Å²) >= 11 is 0. The van der Waals surface area contributed by atoms with E-state index in [4.69, 9.17) is 0 Å². The largest absolute Gasteiger partial charge is 0.480 e. The highest BCUT2D eigenvalue weighted by atomic mass is 16.4. The van der Waals surface area contributed by atoms with Crippen LogP contribution in [0.2, 0.25) is 0 Å². The smallest absolute Gasteiger partial charge is 0.327 e. The maximum Gasteiger partial charge on any atom is 0.327 e. The zero-order valence-electron chi connectivity index (χ0n) is 12.1. The number of hydrogen-bond donors (Lipinski definition) is 1. The van der Waals surface area contributed by atoms with Crippen molar-refractivity contribution in [1.29, 1.82) is 0 Å². The van der Waals surface area contributed by atoms with Crippen LogP contribution in [0.3, 0.4) is 0 Å². The van der Waals surface area contributed by atoms with Crippen molar-refractivity contribution in [2.45, 2.75) is 26.3 Å². The molecule has 0 radical (unpaired) electrons. The summed E-state index contributed by atoms with van der Waals surface area (Å²) < 4.78 is 0. The minimum atomic E-state index is -1.09. The Hall–Kier alpha value is -1.65. The summed E-state index contributed by atoms with van der Waals surface area (Å²) in [6.45, 7) is 3.48. The number of carbonyl (C=O) groups excluding carboxylic acids is 2. The number of rotatable bonds is 3. The van der Waals surface area contributed by atoms with Crippen LogP contribution in [0.15, 0.2) is 12.2 Å². The predicted octanol–water partition coefficient (Wildman–Crippen LogP) is 1.15. The van der Waals surface area contributed by atoms with Gasteiger partial charge in [0.05, 0.1) is 11.8 Å². The molecule has 1 aliphatic heterocycles. The van der Waals surface area contributed by atoms with Gasteiger partial charge in [0, 0.05) is 0 Å². The van der Waals surface area contributed by atoms with E-state index in [0.29, 0.717) is 11.8 Å². The van der Waals surface area contributed by atoms with E-state index in [0.717, 1.165) is 11.3 Å². The van der Waals surface area contributed by atoms with Crippen molar-refractivity contribution in [3.63, 3.8) is 0 Å². The Kier molecular flexibility index (Phi) is 2.46. The molecule has 21 heavy (non-hydrogen) atoms. The summed E-state index contributed by atoms with van der Waals surface area (Å²) in [5.74, 6) is -1.12. The molecule has 0 aromatic heterocycles.